The molecule has 0 aromatic heterocycles. The van der Waals surface area contributed by atoms with Crippen molar-refractivity contribution in [3.05, 3.63) is 96.6 Å². The van der Waals surface area contributed by atoms with E-state index in [0.717, 1.165) is 18.0 Å². The van der Waals surface area contributed by atoms with E-state index in [2.05, 4.69) is 104 Å². The number of ether oxygens (including phenoxy) is 1. The van der Waals surface area contributed by atoms with Crippen LogP contribution in [0.1, 0.15) is 18.5 Å². The van der Waals surface area contributed by atoms with Crippen molar-refractivity contribution in [3.8, 4) is 16.9 Å². The van der Waals surface area contributed by atoms with E-state index in [0.29, 0.717) is 6.54 Å². The molecule has 1 aliphatic heterocycles. The number of fused-ring (bicyclic) bond motifs is 2. The number of hydrogen-bond acceptors (Lipinski definition) is 3. The van der Waals surface area contributed by atoms with Crippen LogP contribution in [0.5, 0.6) is 5.75 Å². The molecule has 0 spiro atoms. The van der Waals surface area contributed by atoms with Crippen molar-refractivity contribution in [2.75, 3.05) is 25.0 Å². The molecule has 0 saturated heterocycles. The fourth-order valence-corrected chi connectivity index (χ4v) is 4.82. The lowest BCUT2D eigenvalue weighted by molar-refractivity contribution is 0.155. The van der Waals surface area contributed by atoms with Crippen molar-refractivity contribution in [2.45, 2.75) is 19.1 Å². The lowest BCUT2D eigenvalue weighted by Gasteiger charge is -2.36. The van der Waals surface area contributed by atoms with Crippen LogP contribution in [0.2, 0.25) is 0 Å². The largest absolute Gasteiger partial charge is 0.485 e. The molecule has 162 valence electrons. The Labute approximate surface area is 194 Å². The molecule has 4 aromatic rings. The van der Waals surface area contributed by atoms with Crippen molar-refractivity contribution >= 4 is 28.2 Å². The van der Waals surface area contributed by atoms with Crippen LogP contribution in [0, 0.1) is 0 Å². The van der Waals surface area contributed by atoms with Crippen LogP contribution >= 0.6 is 11.8 Å². The Morgan fingerprint density at radius 3 is 2.53 bits per heavy atom. The summed E-state index contributed by atoms with van der Waals surface area (Å²) < 4.78 is 8.25. The molecule has 0 fully saturated rings. The predicted molar refractivity (Wildman–Crippen MR) is 134 cm³/mol. The third-order valence-corrected chi connectivity index (χ3v) is 6.75. The highest BCUT2D eigenvalue weighted by Gasteiger charge is 2.27. The minimum absolute atomic E-state index is 0.00926. The monoisotopic (exact) mass is 442 g/mol. The van der Waals surface area contributed by atoms with E-state index in [1.54, 1.807) is 0 Å². The first-order valence-electron chi connectivity index (χ1n) is 11.1. The number of benzene rings is 4. The molecule has 5 rings (SSSR count). The first-order chi connectivity index (χ1) is 15.6. The van der Waals surface area contributed by atoms with Crippen molar-refractivity contribution in [2.24, 2.45) is 0 Å². The maximum atomic E-state index is 6.81. The molecule has 32 heavy (non-hydrogen) atoms. The summed E-state index contributed by atoms with van der Waals surface area (Å²) in [4.78, 5) is 2.27. The van der Waals surface area contributed by atoms with Gasteiger partial charge in [-0.15, -0.1) is 0 Å². The van der Waals surface area contributed by atoms with Crippen molar-refractivity contribution in [1.82, 2.24) is 4.42 Å². The lowest BCUT2D eigenvalue weighted by atomic mass is 9.99. The van der Waals surface area contributed by atoms with Gasteiger partial charge in [-0.05, 0) is 58.3 Å². The molecule has 0 amide bonds. The van der Waals surface area contributed by atoms with Gasteiger partial charge in [0.2, 0.25) is 0 Å². The van der Waals surface area contributed by atoms with Crippen LogP contribution in [0.4, 0.5) is 5.69 Å². The summed E-state index contributed by atoms with van der Waals surface area (Å²) in [7, 11) is 2.12. The van der Waals surface area contributed by atoms with Gasteiger partial charge in [-0.2, -0.15) is 0 Å². The fraction of sp³-hybridized carbons (Fsp3) is 0.214. The molecule has 1 aliphatic rings. The van der Waals surface area contributed by atoms with E-state index in [1.807, 2.05) is 10.5 Å². The number of hydrogen-bond donors (Lipinski definition) is 0. The van der Waals surface area contributed by atoms with Crippen LogP contribution < -0.4 is 9.64 Å². The van der Waals surface area contributed by atoms with Gasteiger partial charge in [-0.25, -0.2) is 4.42 Å². The summed E-state index contributed by atoms with van der Waals surface area (Å²) in [5.74, 6) is 0.909. The van der Waals surface area contributed by atoms with Gasteiger partial charge in [-0.3, -0.25) is 0 Å². The van der Waals surface area contributed by atoms with Crippen LogP contribution in [0.25, 0.3) is 21.9 Å². The van der Waals surface area contributed by atoms with Gasteiger partial charge in [0.05, 0.1) is 18.8 Å². The molecular formula is C28H27ClN2O. The zero-order chi connectivity index (χ0) is 22.1. The van der Waals surface area contributed by atoms with Gasteiger partial charge >= 0.3 is 0 Å². The third-order valence-electron chi connectivity index (χ3n) is 6.32. The topological polar surface area (TPSA) is 15.7 Å². The van der Waals surface area contributed by atoms with Gasteiger partial charge in [0, 0.05) is 13.1 Å². The highest BCUT2D eigenvalue weighted by atomic mass is 35.5. The number of anilines is 1. The minimum atomic E-state index is -0.00926. The second-order valence-corrected chi connectivity index (χ2v) is 8.93. The molecule has 0 N–H and O–H groups in total. The summed E-state index contributed by atoms with van der Waals surface area (Å²) in [6.45, 7) is 3.58. The quantitative estimate of drug-likeness (QED) is 0.312. The van der Waals surface area contributed by atoms with Crippen molar-refractivity contribution in [3.63, 3.8) is 0 Å². The molecule has 3 nitrogen and oxygen atoms in total. The van der Waals surface area contributed by atoms with Crippen LogP contribution in [0.3, 0.4) is 0 Å². The standard InChI is InChI=1S/C28H27ClN2O/c1-20(25-14-8-12-22-11-6-7-13-26(22)25)31(29)19-24-18-30(2)27-17-23(15-16-28(27)32-24)21-9-4-3-5-10-21/h3-17,20,24H,18-19H2,1-2H3/t20-,24?/m1/s1. The molecule has 2 atom stereocenters. The molecule has 0 bridgehead atoms. The number of likely N-dealkylation sites (N-methyl/N-ethyl adjacent to an activating group) is 1. The average molecular weight is 443 g/mol. The molecule has 0 saturated carbocycles. The number of nitrogens with zero attached hydrogens (tertiary/aromatic N) is 2. The fourth-order valence-electron chi connectivity index (χ4n) is 4.56. The van der Waals surface area contributed by atoms with Gasteiger partial charge < -0.3 is 9.64 Å². The van der Waals surface area contributed by atoms with Crippen LogP contribution in [-0.4, -0.2) is 30.7 Å². The van der Waals surface area contributed by atoms with Gasteiger partial charge in [0.15, 0.2) is 0 Å². The zero-order valence-corrected chi connectivity index (χ0v) is 19.2. The molecule has 1 heterocycles. The Balaban J connectivity index is 1.33. The number of halogens is 1. The Bertz CT molecular complexity index is 1220. The molecule has 0 radical (unpaired) electrons. The minimum Gasteiger partial charge on any atom is -0.485 e. The maximum absolute atomic E-state index is 6.81. The SMILES string of the molecule is C[C@H](c1cccc2ccccc12)N(Cl)CC1CN(C)c2cc(-c3ccccc3)ccc2O1. The van der Waals surface area contributed by atoms with Crippen molar-refractivity contribution in [1.29, 1.82) is 0 Å². The van der Waals surface area contributed by atoms with E-state index in [-0.39, 0.29) is 12.1 Å². The smallest absolute Gasteiger partial charge is 0.143 e. The summed E-state index contributed by atoms with van der Waals surface area (Å²) >= 11 is 6.81. The van der Waals surface area contributed by atoms with Crippen molar-refractivity contribution < 1.29 is 4.74 Å². The summed E-state index contributed by atoms with van der Waals surface area (Å²) in [5.41, 5.74) is 4.75. The Kier molecular flexibility index (Phi) is 5.77. The number of rotatable bonds is 5. The summed E-state index contributed by atoms with van der Waals surface area (Å²) in [5, 5.41) is 2.48. The molecule has 4 heteroatoms. The second-order valence-electron chi connectivity index (χ2n) is 8.50. The van der Waals surface area contributed by atoms with E-state index < -0.39 is 0 Å². The third kappa shape index (κ3) is 4.06. The summed E-state index contributed by atoms with van der Waals surface area (Å²) in [6, 6.07) is 31.8. The van der Waals surface area contributed by atoms with E-state index in [4.69, 9.17) is 16.5 Å². The normalized spacial score (nSPS) is 16.6. The van der Waals surface area contributed by atoms with Gasteiger partial charge in [-0.1, -0.05) is 78.9 Å². The summed E-state index contributed by atoms with van der Waals surface area (Å²) in [6.07, 6.45) is -0.00926. The molecule has 1 unspecified atom stereocenters. The maximum Gasteiger partial charge on any atom is 0.143 e. The first-order valence-corrected chi connectivity index (χ1v) is 11.4. The predicted octanol–water partition coefficient (Wildman–Crippen LogP) is 6.92. The first kappa shape index (κ1) is 20.9. The Morgan fingerprint density at radius 2 is 1.69 bits per heavy atom. The van der Waals surface area contributed by atoms with Crippen LogP contribution in [-0.2, 0) is 0 Å². The second kappa shape index (κ2) is 8.85. The van der Waals surface area contributed by atoms with Crippen LogP contribution in [0.15, 0.2) is 91.0 Å². The Hall–Kier alpha value is -3.01. The van der Waals surface area contributed by atoms with E-state index in [9.17, 15) is 0 Å². The van der Waals surface area contributed by atoms with Gasteiger partial charge in [0.1, 0.15) is 11.9 Å². The lowest BCUT2D eigenvalue weighted by Crippen LogP contribution is -2.43. The average Bonchev–Trinajstić information content (AvgIpc) is 2.83. The molecular weight excluding hydrogens is 416 g/mol. The van der Waals surface area contributed by atoms with E-state index in [1.165, 1.54) is 27.5 Å². The zero-order valence-electron chi connectivity index (χ0n) is 18.4. The Morgan fingerprint density at radius 1 is 0.938 bits per heavy atom. The van der Waals surface area contributed by atoms with Gasteiger partial charge in [0.25, 0.3) is 0 Å². The highest BCUT2D eigenvalue weighted by molar-refractivity contribution is 6.13. The molecule has 4 aromatic carbocycles. The molecule has 0 aliphatic carbocycles. The highest BCUT2D eigenvalue weighted by Crippen LogP contribution is 2.37. The van der Waals surface area contributed by atoms with E-state index >= 15 is 0 Å².